The van der Waals surface area contributed by atoms with E-state index in [0.29, 0.717) is 6.54 Å². The number of hydrogen-bond donors (Lipinski definition) is 2. The molecule has 0 aliphatic rings. The van der Waals surface area contributed by atoms with Crippen LogP contribution < -0.4 is 15.8 Å². The fourth-order valence-corrected chi connectivity index (χ4v) is 1.50. The molecule has 0 bridgehead atoms. The normalized spacial score (nSPS) is 9.93. The summed E-state index contributed by atoms with van der Waals surface area (Å²) in [5, 5.41) is 3.27. The van der Waals surface area contributed by atoms with Crippen molar-refractivity contribution in [1.29, 1.82) is 0 Å². The number of nitrogens with two attached hydrogens (primary N) is 1. The van der Waals surface area contributed by atoms with Crippen LogP contribution in [0.1, 0.15) is 6.42 Å². The van der Waals surface area contributed by atoms with Gasteiger partial charge >= 0.3 is 0 Å². The van der Waals surface area contributed by atoms with Crippen molar-refractivity contribution in [2.24, 2.45) is 5.73 Å². The number of hydrogen-bond acceptors (Lipinski definition) is 3. The Kier molecular flexibility index (Phi) is 4.76. The highest BCUT2D eigenvalue weighted by Gasteiger charge is 2.01. The molecule has 3 N–H and O–H groups in total. The molecule has 1 aromatic carbocycles. The summed E-state index contributed by atoms with van der Waals surface area (Å²) in [5.41, 5.74) is 6.41. The summed E-state index contributed by atoms with van der Waals surface area (Å²) in [5.74, 6) is 0.852. The molecule has 1 aromatic rings. The van der Waals surface area contributed by atoms with E-state index >= 15 is 0 Å². The molecule has 0 aliphatic heterocycles. The zero-order chi connectivity index (χ0) is 10.4. The first-order valence-corrected chi connectivity index (χ1v) is 5.34. The van der Waals surface area contributed by atoms with E-state index in [4.69, 9.17) is 10.5 Å². The molecule has 0 spiro atoms. The Morgan fingerprint density at radius 3 is 2.93 bits per heavy atom. The maximum atomic E-state index is 5.41. The number of ether oxygens (including phenoxy) is 1. The molecule has 4 heteroatoms. The topological polar surface area (TPSA) is 47.3 Å². The van der Waals surface area contributed by atoms with E-state index in [1.807, 2.05) is 18.2 Å². The van der Waals surface area contributed by atoms with E-state index < -0.39 is 0 Å². The second kappa shape index (κ2) is 5.88. The quantitative estimate of drug-likeness (QED) is 0.797. The van der Waals surface area contributed by atoms with E-state index in [-0.39, 0.29) is 0 Å². The van der Waals surface area contributed by atoms with Crippen molar-refractivity contribution in [3.63, 3.8) is 0 Å². The highest BCUT2D eigenvalue weighted by atomic mass is 79.9. The first-order valence-electron chi connectivity index (χ1n) is 4.55. The standard InChI is InChI=1S/C10H15BrN2O/c1-14-10-4-3-8(11)7-9(10)13-6-2-5-12/h3-4,7,13H,2,5-6,12H2,1H3. The molecular weight excluding hydrogens is 244 g/mol. The molecule has 1 rings (SSSR count). The third-order valence-corrected chi connectivity index (χ3v) is 2.35. The summed E-state index contributed by atoms with van der Waals surface area (Å²) in [6.45, 7) is 1.56. The molecule has 78 valence electrons. The van der Waals surface area contributed by atoms with Gasteiger partial charge in [-0.1, -0.05) is 15.9 Å². The SMILES string of the molecule is COc1ccc(Br)cc1NCCCN. The molecule has 0 unspecified atom stereocenters. The minimum atomic E-state index is 0.698. The lowest BCUT2D eigenvalue weighted by molar-refractivity contribution is 0.416. The molecule has 0 aromatic heterocycles. The van der Waals surface area contributed by atoms with E-state index in [1.54, 1.807) is 7.11 Å². The minimum absolute atomic E-state index is 0.698. The van der Waals surface area contributed by atoms with Crippen molar-refractivity contribution in [2.75, 3.05) is 25.5 Å². The van der Waals surface area contributed by atoms with Crippen LogP contribution in [-0.2, 0) is 0 Å². The van der Waals surface area contributed by atoms with Gasteiger partial charge in [-0.05, 0) is 31.2 Å². The fraction of sp³-hybridized carbons (Fsp3) is 0.400. The van der Waals surface area contributed by atoms with Gasteiger partial charge in [0.15, 0.2) is 0 Å². The van der Waals surface area contributed by atoms with Crippen molar-refractivity contribution >= 4 is 21.6 Å². The molecule has 0 amide bonds. The lowest BCUT2D eigenvalue weighted by atomic mass is 10.3. The molecule has 0 fully saturated rings. The first kappa shape index (κ1) is 11.3. The monoisotopic (exact) mass is 258 g/mol. The van der Waals surface area contributed by atoms with Crippen LogP contribution in [0.25, 0.3) is 0 Å². The summed E-state index contributed by atoms with van der Waals surface area (Å²) >= 11 is 3.41. The second-order valence-electron chi connectivity index (χ2n) is 2.91. The summed E-state index contributed by atoms with van der Waals surface area (Å²) in [6, 6.07) is 5.87. The predicted molar refractivity (Wildman–Crippen MR) is 62.9 cm³/mol. The number of halogens is 1. The highest BCUT2D eigenvalue weighted by molar-refractivity contribution is 9.10. The van der Waals surface area contributed by atoms with E-state index in [1.165, 1.54) is 0 Å². The molecule has 14 heavy (non-hydrogen) atoms. The number of nitrogens with one attached hydrogen (secondary N) is 1. The van der Waals surface area contributed by atoms with E-state index in [2.05, 4.69) is 21.2 Å². The Balaban J connectivity index is 2.67. The summed E-state index contributed by atoms with van der Waals surface area (Å²) in [7, 11) is 1.66. The first-order chi connectivity index (χ1) is 6.77. The molecule has 0 aliphatic carbocycles. The number of rotatable bonds is 5. The molecule has 0 heterocycles. The largest absolute Gasteiger partial charge is 0.495 e. The average Bonchev–Trinajstić information content (AvgIpc) is 2.19. The highest BCUT2D eigenvalue weighted by Crippen LogP contribution is 2.27. The number of methoxy groups -OCH3 is 1. The number of anilines is 1. The van der Waals surface area contributed by atoms with Crippen LogP contribution in [0.5, 0.6) is 5.75 Å². The third-order valence-electron chi connectivity index (χ3n) is 1.86. The van der Waals surface area contributed by atoms with Gasteiger partial charge in [-0.25, -0.2) is 0 Å². The maximum absolute atomic E-state index is 5.41. The molecule has 0 saturated heterocycles. The molecular formula is C10H15BrN2O. The van der Waals surface area contributed by atoms with Crippen molar-refractivity contribution in [3.05, 3.63) is 22.7 Å². The van der Waals surface area contributed by atoms with Crippen LogP contribution in [0.3, 0.4) is 0 Å². The molecule has 0 saturated carbocycles. The minimum Gasteiger partial charge on any atom is -0.495 e. The third kappa shape index (κ3) is 3.20. The lowest BCUT2D eigenvalue weighted by Crippen LogP contribution is -2.09. The van der Waals surface area contributed by atoms with Gasteiger partial charge in [0.1, 0.15) is 5.75 Å². The van der Waals surface area contributed by atoms with Gasteiger partial charge in [0.2, 0.25) is 0 Å². The van der Waals surface area contributed by atoms with Crippen LogP contribution >= 0.6 is 15.9 Å². The zero-order valence-corrected chi connectivity index (χ0v) is 9.80. The van der Waals surface area contributed by atoms with Crippen LogP contribution in [0, 0.1) is 0 Å². The summed E-state index contributed by atoms with van der Waals surface area (Å²) in [4.78, 5) is 0. The van der Waals surface area contributed by atoms with Crippen molar-refractivity contribution in [3.8, 4) is 5.75 Å². The second-order valence-corrected chi connectivity index (χ2v) is 3.83. The van der Waals surface area contributed by atoms with Crippen LogP contribution in [0.15, 0.2) is 22.7 Å². The summed E-state index contributed by atoms with van der Waals surface area (Å²) < 4.78 is 6.25. The summed E-state index contributed by atoms with van der Waals surface area (Å²) in [6.07, 6.45) is 0.954. The Labute approximate surface area is 92.8 Å². The Hall–Kier alpha value is -0.740. The van der Waals surface area contributed by atoms with Gasteiger partial charge in [-0.3, -0.25) is 0 Å². The van der Waals surface area contributed by atoms with Gasteiger partial charge in [-0.15, -0.1) is 0 Å². The molecule has 3 nitrogen and oxygen atoms in total. The van der Waals surface area contributed by atoms with Gasteiger partial charge in [0.25, 0.3) is 0 Å². The molecule has 0 atom stereocenters. The number of benzene rings is 1. The smallest absolute Gasteiger partial charge is 0.142 e. The molecule has 0 radical (unpaired) electrons. The van der Waals surface area contributed by atoms with E-state index in [0.717, 1.165) is 28.9 Å². The Morgan fingerprint density at radius 1 is 1.50 bits per heavy atom. The average molecular weight is 259 g/mol. The van der Waals surface area contributed by atoms with Gasteiger partial charge in [-0.2, -0.15) is 0 Å². The van der Waals surface area contributed by atoms with Crippen molar-refractivity contribution in [1.82, 2.24) is 0 Å². The van der Waals surface area contributed by atoms with Gasteiger partial charge < -0.3 is 15.8 Å². The van der Waals surface area contributed by atoms with Gasteiger partial charge in [0.05, 0.1) is 12.8 Å². The van der Waals surface area contributed by atoms with Crippen molar-refractivity contribution in [2.45, 2.75) is 6.42 Å². The Morgan fingerprint density at radius 2 is 2.29 bits per heavy atom. The zero-order valence-electron chi connectivity index (χ0n) is 8.22. The Bertz CT molecular complexity index is 291. The maximum Gasteiger partial charge on any atom is 0.142 e. The van der Waals surface area contributed by atoms with Crippen LogP contribution in [0.4, 0.5) is 5.69 Å². The van der Waals surface area contributed by atoms with Crippen LogP contribution in [-0.4, -0.2) is 20.2 Å². The van der Waals surface area contributed by atoms with E-state index in [9.17, 15) is 0 Å². The van der Waals surface area contributed by atoms with Crippen molar-refractivity contribution < 1.29 is 4.74 Å². The van der Waals surface area contributed by atoms with Gasteiger partial charge in [0, 0.05) is 11.0 Å². The fourth-order valence-electron chi connectivity index (χ4n) is 1.14. The predicted octanol–water partition coefficient (Wildman–Crippen LogP) is 2.22. The van der Waals surface area contributed by atoms with Crippen LogP contribution in [0.2, 0.25) is 0 Å². The lowest BCUT2D eigenvalue weighted by Gasteiger charge is -2.10.